The highest BCUT2D eigenvalue weighted by Gasteiger charge is 2.31. The summed E-state index contributed by atoms with van der Waals surface area (Å²) in [6.45, 7) is 2.22. The van der Waals surface area contributed by atoms with E-state index in [2.05, 4.69) is 17.5 Å². The van der Waals surface area contributed by atoms with Crippen LogP contribution in [0.15, 0.2) is 29.6 Å². The first kappa shape index (κ1) is 13.0. The predicted molar refractivity (Wildman–Crippen MR) is 80.1 cm³/mol. The predicted octanol–water partition coefficient (Wildman–Crippen LogP) is 2.10. The topological polar surface area (TPSA) is 43.1 Å². The molecule has 2 aliphatic heterocycles. The van der Waals surface area contributed by atoms with Gasteiger partial charge in [0, 0.05) is 18.9 Å². The minimum atomic E-state index is 0.243. The zero-order valence-corrected chi connectivity index (χ0v) is 12.5. The van der Waals surface area contributed by atoms with Crippen LogP contribution in [-0.4, -0.2) is 18.4 Å². The third kappa shape index (κ3) is 2.36. The number of ether oxygens (including phenoxy) is 2. The van der Waals surface area contributed by atoms with Crippen LogP contribution in [0.5, 0.6) is 17.2 Å². The Morgan fingerprint density at radius 3 is 2.95 bits per heavy atom. The SMILES string of the molecule is Oc1cc2c(cc1C[NH+]1CCC[C@H]1c1cccs1)OCO2. The van der Waals surface area contributed by atoms with Crippen molar-refractivity contribution < 1.29 is 19.5 Å². The summed E-state index contributed by atoms with van der Waals surface area (Å²) in [7, 11) is 0. The number of benzene rings is 1. The summed E-state index contributed by atoms with van der Waals surface area (Å²) in [5, 5.41) is 12.3. The number of aromatic hydroxyl groups is 1. The number of phenols is 1. The molecule has 2 atom stereocenters. The second-order valence-corrected chi connectivity index (χ2v) is 6.61. The standard InChI is InChI=1S/C16H17NO3S/c18-13-8-15-14(19-10-20-15)7-11(13)9-17-5-1-3-12(17)16-4-2-6-21-16/h2,4,6-8,12,18H,1,3,5,9-10H2/p+1/t12-/m0/s1. The van der Waals surface area contributed by atoms with Gasteiger partial charge >= 0.3 is 0 Å². The number of thiophene rings is 1. The van der Waals surface area contributed by atoms with Crippen LogP contribution >= 0.6 is 11.3 Å². The molecule has 1 aromatic heterocycles. The molecule has 1 saturated heterocycles. The molecular formula is C16H18NO3S+. The summed E-state index contributed by atoms with van der Waals surface area (Å²) >= 11 is 1.83. The van der Waals surface area contributed by atoms with Gasteiger partial charge < -0.3 is 19.5 Å². The molecule has 3 heterocycles. The van der Waals surface area contributed by atoms with E-state index in [0.717, 1.165) is 24.4 Å². The number of hydrogen-bond acceptors (Lipinski definition) is 4. The molecule has 110 valence electrons. The molecule has 0 saturated carbocycles. The van der Waals surface area contributed by atoms with Crippen LogP contribution in [0.4, 0.5) is 0 Å². The zero-order valence-electron chi connectivity index (χ0n) is 11.7. The molecule has 0 spiro atoms. The number of rotatable bonds is 3. The van der Waals surface area contributed by atoms with Gasteiger partial charge in [-0.3, -0.25) is 0 Å². The lowest BCUT2D eigenvalue weighted by molar-refractivity contribution is -0.931. The molecule has 1 fully saturated rings. The maximum atomic E-state index is 10.2. The lowest BCUT2D eigenvalue weighted by atomic mass is 10.1. The molecule has 1 unspecified atom stereocenters. The second kappa shape index (κ2) is 5.24. The van der Waals surface area contributed by atoms with Crippen molar-refractivity contribution in [3.63, 3.8) is 0 Å². The Kier molecular flexibility index (Phi) is 3.24. The van der Waals surface area contributed by atoms with E-state index in [9.17, 15) is 5.11 Å². The molecule has 1 aromatic carbocycles. The van der Waals surface area contributed by atoms with Gasteiger partial charge in [0.15, 0.2) is 11.5 Å². The van der Waals surface area contributed by atoms with Crippen LogP contribution in [0.2, 0.25) is 0 Å². The zero-order chi connectivity index (χ0) is 14.2. The Balaban J connectivity index is 1.58. The first-order chi connectivity index (χ1) is 10.3. The van der Waals surface area contributed by atoms with Crippen LogP contribution in [0.1, 0.15) is 29.3 Å². The van der Waals surface area contributed by atoms with Crippen LogP contribution in [0.25, 0.3) is 0 Å². The lowest BCUT2D eigenvalue weighted by Crippen LogP contribution is -3.08. The van der Waals surface area contributed by atoms with E-state index in [4.69, 9.17) is 9.47 Å². The summed E-state index contributed by atoms with van der Waals surface area (Å²) in [5.74, 6) is 1.69. The van der Waals surface area contributed by atoms with Gasteiger partial charge in [-0.1, -0.05) is 6.07 Å². The summed E-state index contributed by atoms with van der Waals surface area (Å²) < 4.78 is 10.7. The fraction of sp³-hybridized carbons (Fsp3) is 0.375. The molecule has 21 heavy (non-hydrogen) atoms. The maximum absolute atomic E-state index is 10.2. The van der Waals surface area contributed by atoms with E-state index in [1.807, 2.05) is 17.4 Å². The van der Waals surface area contributed by atoms with Crippen molar-refractivity contribution in [1.82, 2.24) is 0 Å². The molecule has 0 aliphatic carbocycles. The smallest absolute Gasteiger partial charge is 0.231 e. The molecule has 4 nitrogen and oxygen atoms in total. The number of phenolic OH excluding ortho intramolecular Hbond substituents is 1. The van der Waals surface area contributed by atoms with E-state index in [1.54, 1.807) is 6.07 Å². The van der Waals surface area contributed by atoms with Gasteiger partial charge in [0.1, 0.15) is 18.3 Å². The number of likely N-dealkylation sites (tertiary alicyclic amines) is 1. The van der Waals surface area contributed by atoms with Crippen LogP contribution in [0.3, 0.4) is 0 Å². The van der Waals surface area contributed by atoms with E-state index in [-0.39, 0.29) is 6.79 Å². The number of quaternary nitrogens is 1. The average molecular weight is 304 g/mol. The third-order valence-electron chi connectivity index (χ3n) is 4.36. The van der Waals surface area contributed by atoms with Crippen LogP contribution in [-0.2, 0) is 6.54 Å². The van der Waals surface area contributed by atoms with Crippen molar-refractivity contribution in [1.29, 1.82) is 0 Å². The molecule has 4 rings (SSSR count). The minimum Gasteiger partial charge on any atom is -0.507 e. The molecular weight excluding hydrogens is 286 g/mol. The maximum Gasteiger partial charge on any atom is 0.231 e. The Bertz CT molecular complexity index is 641. The van der Waals surface area contributed by atoms with Crippen molar-refractivity contribution in [3.05, 3.63) is 40.1 Å². The number of fused-ring (bicyclic) bond motifs is 1. The van der Waals surface area contributed by atoms with E-state index in [0.29, 0.717) is 17.5 Å². The molecule has 0 radical (unpaired) electrons. The Morgan fingerprint density at radius 1 is 1.29 bits per heavy atom. The Morgan fingerprint density at radius 2 is 2.14 bits per heavy atom. The van der Waals surface area contributed by atoms with Gasteiger partial charge in [-0.05, 0) is 17.5 Å². The molecule has 2 aromatic rings. The monoisotopic (exact) mass is 304 g/mol. The second-order valence-electron chi connectivity index (χ2n) is 5.63. The van der Waals surface area contributed by atoms with Gasteiger partial charge in [0.2, 0.25) is 6.79 Å². The van der Waals surface area contributed by atoms with E-state index >= 15 is 0 Å². The highest BCUT2D eigenvalue weighted by Crippen LogP contribution is 2.37. The van der Waals surface area contributed by atoms with Gasteiger partial charge in [0.05, 0.1) is 17.0 Å². The van der Waals surface area contributed by atoms with Crippen molar-refractivity contribution in [2.24, 2.45) is 0 Å². The number of hydrogen-bond donors (Lipinski definition) is 2. The fourth-order valence-electron chi connectivity index (χ4n) is 3.32. The summed E-state index contributed by atoms with van der Waals surface area (Å²) in [6.07, 6.45) is 2.46. The number of nitrogens with one attached hydrogen (secondary N) is 1. The van der Waals surface area contributed by atoms with Crippen molar-refractivity contribution in [3.8, 4) is 17.2 Å². The first-order valence-electron chi connectivity index (χ1n) is 7.31. The molecule has 5 heteroatoms. The summed E-state index contributed by atoms with van der Waals surface area (Å²) in [5.41, 5.74) is 0.942. The summed E-state index contributed by atoms with van der Waals surface area (Å²) in [4.78, 5) is 2.97. The molecule has 0 amide bonds. The van der Waals surface area contributed by atoms with Crippen molar-refractivity contribution in [2.45, 2.75) is 25.4 Å². The molecule has 2 N–H and O–H groups in total. The van der Waals surface area contributed by atoms with Gasteiger partial charge in [0.25, 0.3) is 0 Å². The van der Waals surface area contributed by atoms with Crippen molar-refractivity contribution >= 4 is 11.3 Å². The van der Waals surface area contributed by atoms with Gasteiger partial charge in [-0.25, -0.2) is 0 Å². The molecule has 2 aliphatic rings. The highest BCUT2D eigenvalue weighted by atomic mass is 32.1. The van der Waals surface area contributed by atoms with Crippen molar-refractivity contribution in [2.75, 3.05) is 13.3 Å². The van der Waals surface area contributed by atoms with Gasteiger partial charge in [-0.15, -0.1) is 11.3 Å². The Hall–Kier alpha value is -1.72. The van der Waals surface area contributed by atoms with Gasteiger partial charge in [-0.2, -0.15) is 0 Å². The van der Waals surface area contributed by atoms with E-state index < -0.39 is 0 Å². The third-order valence-corrected chi connectivity index (χ3v) is 5.35. The molecule has 0 bridgehead atoms. The highest BCUT2D eigenvalue weighted by molar-refractivity contribution is 7.10. The minimum absolute atomic E-state index is 0.243. The van der Waals surface area contributed by atoms with Crippen LogP contribution < -0.4 is 14.4 Å². The summed E-state index contributed by atoms with van der Waals surface area (Å²) in [6, 6.07) is 8.49. The quantitative estimate of drug-likeness (QED) is 0.912. The first-order valence-corrected chi connectivity index (χ1v) is 8.18. The lowest BCUT2D eigenvalue weighted by Gasteiger charge is -2.21. The normalized spacial score (nSPS) is 23.6. The van der Waals surface area contributed by atoms with E-state index in [1.165, 1.54) is 22.6 Å². The average Bonchev–Trinajstić information content (AvgIpc) is 3.18. The fourth-order valence-corrected chi connectivity index (χ4v) is 4.24. The Labute approximate surface area is 127 Å². The largest absolute Gasteiger partial charge is 0.507 e. The van der Waals surface area contributed by atoms with Crippen LogP contribution in [0, 0.1) is 0 Å².